The lowest BCUT2D eigenvalue weighted by Crippen LogP contribution is -2.27. The van der Waals surface area contributed by atoms with Gasteiger partial charge < -0.3 is 11.1 Å². The number of benzene rings is 1. The van der Waals surface area contributed by atoms with Gasteiger partial charge >= 0.3 is 0 Å². The SMILES string of the molecule is CC(C)(C)C(CCN)CCC(=O)NCc1ccc(Cl)cc1. The van der Waals surface area contributed by atoms with Crippen molar-refractivity contribution in [2.75, 3.05) is 6.54 Å². The number of nitrogens with two attached hydrogens (primary N) is 1. The molecule has 0 fully saturated rings. The molecule has 4 heteroatoms. The number of hydrogen-bond donors (Lipinski definition) is 2. The topological polar surface area (TPSA) is 55.1 Å². The highest BCUT2D eigenvalue weighted by Crippen LogP contribution is 2.31. The van der Waals surface area contributed by atoms with Crippen LogP contribution in [0.25, 0.3) is 0 Å². The molecule has 1 amide bonds. The van der Waals surface area contributed by atoms with E-state index in [1.165, 1.54) is 0 Å². The van der Waals surface area contributed by atoms with Crippen LogP contribution in [0.1, 0.15) is 45.6 Å². The Balaban J connectivity index is 2.37. The third kappa shape index (κ3) is 6.96. The molecule has 21 heavy (non-hydrogen) atoms. The Morgan fingerprint density at radius 1 is 1.24 bits per heavy atom. The zero-order valence-electron chi connectivity index (χ0n) is 13.3. The summed E-state index contributed by atoms with van der Waals surface area (Å²) in [5.74, 6) is 0.569. The van der Waals surface area contributed by atoms with Crippen molar-refractivity contribution in [1.29, 1.82) is 0 Å². The van der Waals surface area contributed by atoms with Crippen molar-refractivity contribution in [3.8, 4) is 0 Å². The average Bonchev–Trinajstić information content (AvgIpc) is 2.41. The van der Waals surface area contributed by atoms with Crippen LogP contribution in [0.15, 0.2) is 24.3 Å². The average molecular weight is 311 g/mol. The first kappa shape index (κ1) is 18.0. The molecule has 0 radical (unpaired) electrons. The number of halogens is 1. The van der Waals surface area contributed by atoms with Gasteiger partial charge in [-0.25, -0.2) is 0 Å². The van der Waals surface area contributed by atoms with Crippen LogP contribution in [0.3, 0.4) is 0 Å². The molecular formula is C17H27ClN2O. The molecule has 0 saturated carbocycles. The second kappa shape index (κ2) is 8.40. The van der Waals surface area contributed by atoms with Gasteiger partial charge in [-0.3, -0.25) is 4.79 Å². The normalized spacial score (nSPS) is 13.0. The van der Waals surface area contributed by atoms with Gasteiger partial charge in [0, 0.05) is 18.0 Å². The molecule has 1 aromatic carbocycles. The van der Waals surface area contributed by atoms with Gasteiger partial charge in [-0.15, -0.1) is 0 Å². The molecule has 0 aliphatic carbocycles. The Morgan fingerprint density at radius 3 is 2.38 bits per heavy atom. The molecule has 0 heterocycles. The summed E-state index contributed by atoms with van der Waals surface area (Å²) in [6.45, 7) is 7.85. The lowest BCUT2D eigenvalue weighted by atomic mass is 9.76. The van der Waals surface area contributed by atoms with Crippen LogP contribution >= 0.6 is 11.6 Å². The largest absolute Gasteiger partial charge is 0.352 e. The first-order chi connectivity index (χ1) is 9.82. The predicted molar refractivity (Wildman–Crippen MR) is 89.1 cm³/mol. The lowest BCUT2D eigenvalue weighted by Gasteiger charge is -2.30. The van der Waals surface area contributed by atoms with Crippen molar-refractivity contribution in [2.45, 2.75) is 46.6 Å². The second-order valence-electron chi connectivity index (χ2n) is 6.58. The smallest absolute Gasteiger partial charge is 0.220 e. The van der Waals surface area contributed by atoms with Crippen molar-refractivity contribution >= 4 is 17.5 Å². The van der Waals surface area contributed by atoms with Gasteiger partial charge in [0.2, 0.25) is 5.91 Å². The molecule has 0 bridgehead atoms. The van der Waals surface area contributed by atoms with Crippen molar-refractivity contribution in [3.63, 3.8) is 0 Å². The van der Waals surface area contributed by atoms with E-state index in [0.717, 1.165) is 18.4 Å². The van der Waals surface area contributed by atoms with Crippen molar-refractivity contribution < 1.29 is 4.79 Å². The van der Waals surface area contributed by atoms with Crippen LogP contribution in [0, 0.1) is 11.3 Å². The number of carbonyl (C=O) groups is 1. The first-order valence-electron chi connectivity index (χ1n) is 7.54. The van der Waals surface area contributed by atoms with Gasteiger partial charge in [0.1, 0.15) is 0 Å². The highest BCUT2D eigenvalue weighted by molar-refractivity contribution is 6.30. The summed E-state index contributed by atoms with van der Waals surface area (Å²) in [5, 5.41) is 3.66. The van der Waals surface area contributed by atoms with E-state index in [1.54, 1.807) is 0 Å². The number of hydrogen-bond acceptors (Lipinski definition) is 2. The second-order valence-corrected chi connectivity index (χ2v) is 7.02. The van der Waals surface area contributed by atoms with Crippen LogP contribution in [0.5, 0.6) is 0 Å². The van der Waals surface area contributed by atoms with E-state index >= 15 is 0 Å². The van der Waals surface area contributed by atoms with E-state index in [2.05, 4.69) is 26.1 Å². The third-order valence-electron chi connectivity index (χ3n) is 3.86. The highest BCUT2D eigenvalue weighted by atomic mass is 35.5. The van der Waals surface area contributed by atoms with E-state index in [4.69, 9.17) is 17.3 Å². The highest BCUT2D eigenvalue weighted by Gasteiger charge is 2.24. The molecule has 1 aromatic rings. The van der Waals surface area contributed by atoms with Crippen molar-refractivity contribution in [1.82, 2.24) is 5.32 Å². The van der Waals surface area contributed by atoms with Gasteiger partial charge in [0.15, 0.2) is 0 Å². The maximum atomic E-state index is 12.0. The Bertz CT molecular complexity index is 437. The predicted octanol–water partition coefficient (Wildman–Crippen LogP) is 3.75. The summed E-state index contributed by atoms with van der Waals surface area (Å²) >= 11 is 5.83. The maximum Gasteiger partial charge on any atom is 0.220 e. The molecule has 0 aliphatic heterocycles. The summed E-state index contributed by atoms with van der Waals surface area (Å²) < 4.78 is 0. The van der Waals surface area contributed by atoms with E-state index < -0.39 is 0 Å². The van der Waals surface area contributed by atoms with Gasteiger partial charge in [-0.1, -0.05) is 44.5 Å². The van der Waals surface area contributed by atoms with E-state index in [-0.39, 0.29) is 11.3 Å². The molecule has 1 atom stereocenters. The summed E-state index contributed by atoms with van der Waals surface area (Å²) in [5.41, 5.74) is 6.92. The monoisotopic (exact) mass is 310 g/mol. The molecule has 0 saturated heterocycles. The minimum absolute atomic E-state index is 0.0937. The number of rotatable bonds is 7. The van der Waals surface area contributed by atoms with Gasteiger partial charge in [0.05, 0.1) is 0 Å². The Kier molecular flexibility index (Phi) is 7.20. The number of nitrogens with one attached hydrogen (secondary N) is 1. The summed E-state index contributed by atoms with van der Waals surface area (Å²) in [7, 11) is 0. The zero-order valence-corrected chi connectivity index (χ0v) is 14.0. The minimum Gasteiger partial charge on any atom is -0.352 e. The van der Waals surface area contributed by atoms with Crippen LogP contribution < -0.4 is 11.1 Å². The molecular weight excluding hydrogens is 284 g/mol. The lowest BCUT2D eigenvalue weighted by molar-refractivity contribution is -0.121. The zero-order chi connectivity index (χ0) is 15.9. The van der Waals surface area contributed by atoms with Gasteiger partial charge in [0.25, 0.3) is 0 Å². The molecule has 1 rings (SSSR count). The summed E-state index contributed by atoms with van der Waals surface area (Å²) in [6, 6.07) is 7.52. The van der Waals surface area contributed by atoms with Crippen molar-refractivity contribution in [3.05, 3.63) is 34.9 Å². The van der Waals surface area contributed by atoms with Crippen LogP contribution in [-0.4, -0.2) is 12.5 Å². The molecule has 0 aliphatic rings. The number of amides is 1. The molecule has 1 unspecified atom stereocenters. The summed E-state index contributed by atoms with van der Waals surface area (Å²) in [6.07, 6.45) is 2.40. The van der Waals surface area contributed by atoms with E-state index in [9.17, 15) is 4.79 Å². The van der Waals surface area contributed by atoms with Crippen molar-refractivity contribution in [2.24, 2.45) is 17.1 Å². The van der Waals surface area contributed by atoms with Gasteiger partial charge in [-0.05, 0) is 48.4 Å². The quantitative estimate of drug-likeness (QED) is 0.806. The third-order valence-corrected chi connectivity index (χ3v) is 4.11. The fourth-order valence-electron chi connectivity index (χ4n) is 2.41. The fraction of sp³-hybridized carbons (Fsp3) is 0.588. The molecule has 3 nitrogen and oxygen atoms in total. The van der Waals surface area contributed by atoms with E-state index in [0.29, 0.717) is 30.5 Å². The van der Waals surface area contributed by atoms with Gasteiger partial charge in [-0.2, -0.15) is 0 Å². The van der Waals surface area contributed by atoms with Crippen LogP contribution in [0.2, 0.25) is 5.02 Å². The first-order valence-corrected chi connectivity index (χ1v) is 7.92. The Morgan fingerprint density at radius 2 is 1.86 bits per heavy atom. The van der Waals surface area contributed by atoms with Crippen LogP contribution in [0.4, 0.5) is 0 Å². The molecule has 3 N–H and O–H groups in total. The minimum atomic E-state index is 0.0937. The van der Waals surface area contributed by atoms with E-state index in [1.807, 2.05) is 24.3 Å². The molecule has 0 spiro atoms. The number of carbonyl (C=O) groups excluding carboxylic acids is 1. The van der Waals surface area contributed by atoms with Crippen LogP contribution in [-0.2, 0) is 11.3 Å². The maximum absolute atomic E-state index is 12.0. The Hall–Kier alpha value is -1.06. The standard InChI is InChI=1S/C17H27ClN2O/c1-17(2,3)14(10-11-19)6-9-16(21)20-12-13-4-7-15(18)8-5-13/h4-5,7-8,14H,6,9-12,19H2,1-3H3,(H,20,21). The summed E-state index contributed by atoms with van der Waals surface area (Å²) in [4.78, 5) is 12.0. The Labute approximate surface area is 133 Å². The molecule has 0 aromatic heterocycles. The molecule has 118 valence electrons. The fourth-order valence-corrected chi connectivity index (χ4v) is 2.53.